The van der Waals surface area contributed by atoms with Crippen LogP contribution in [0.5, 0.6) is 0 Å². The van der Waals surface area contributed by atoms with Crippen molar-refractivity contribution in [3.63, 3.8) is 0 Å². The Labute approximate surface area is 123 Å². The van der Waals surface area contributed by atoms with Crippen LogP contribution in [0.25, 0.3) is 0 Å². The summed E-state index contributed by atoms with van der Waals surface area (Å²) < 4.78 is 6.29. The molecule has 0 fully saturated rings. The van der Waals surface area contributed by atoms with E-state index in [0.717, 1.165) is 5.56 Å². The molecular formula is C16H20N2O3. The van der Waals surface area contributed by atoms with Crippen LogP contribution in [-0.4, -0.2) is 21.6 Å². The van der Waals surface area contributed by atoms with Crippen LogP contribution < -0.4 is 5.63 Å². The number of hydrogen-bond acceptors (Lipinski definition) is 3. The Morgan fingerprint density at radius 2 is 1.90 bits per heavy atom. The highest BCUT2D eigenvalue weighted by Crippen LogP contribution is 2.14. The van der Waals surface area contributed by atoms with E-state index < -0.39 is 5.63 Å². The van der Waals surface area contributed by atoms with Gasteiger partial charge in [-0.3, -0.25) is 4.79 Å². The van der Waals surface area contributed by atoms with Crippen molar-refractivity contribution in [1.82, 2.24) is 9.64 Å². The van der Waals surface area contributed by atoms with Gasteiger partial charge in [-0.2, -0.15) is 0 Å². The van der Waals surface area contributed by atoms with Crippen LogP contribution in [0.1, 0.15) is 35.5 Å². The molecule has 0 radical (unpaired) electrons. The summed E-state index contributed by atoms with van der Waals surface area (Å²) in [5.74, 6) is -0.291. The first-order valence-electron chi connectivity index (χ1n) is 6.93. The zero-order valence-electron chi connectivity index (χ0n) is 12.8. The smallest absolute Gasteiger partial charge is 0.336 e. The summed E-state index contributed by atoms with van der Waals surface area (Å²) >= 11 is 0. The molecule has 0 spiro atoms. The molecule has 0 atom stereocenters. The van der Waals surface area contributed by atoms with Crippen LogP contribution in [0.2, 0.25) is 0 Å². The molecule has 2 aromatic rings. The van der Waals surface area contributed by atoms with Crippen LogP contribution in [0, 0.1) is 6.92 Å². The minimum atomic E-state index is -0.585. The maximum absolute atomic E-state index is 12.7. The lowest BCUT2D eigenvalue weighted by Crippen LogP contribution is -2.38. The lowest BCUT2D eigenvalue weighted by molar-refractivity contribution is 0.0687. The van der Waals surface area contributed by atoms with Gasteiger partial charge in [-0.05, 0) is 26.3 Å². The van der Waals surface area contributed by atoms with Crippen LogP contribution >= 0.6 is 0 Å². The lowest BCUT2D eigenvalue weighted by Gasteiger charge is -2.26. The Morgan fingerprint density at radius 3 is 2.38 bits per heavy atom. The summed E-state index contributed by atoms with van der Waals surface area (Å²) in [5, 5.41) is 0. The molecule has 21 heavy (non-hydrogen) atoms. The fraction of sp³-hybridized carbons (Fsp3) is 0.375. The summed E-state index contributed by atoms with van der Waals surface area (Å²) in [6.07, 6.45) is 0. The number of carbonyl (C=O) groups is 1. The van der Waals surface area contributed by atoms with E-state index in [2.05, 4.69) is 0 Å². The summed E-state index contributed by atoms with van der Waals surface area (Å²) in [6.45, 7) is 6.03. The van der Waals surface area contributed by atoms with Gasteiger partial charge in [0.05, 0.1) is 5.69 Å². The van der Waals surface area contributed by atoms with E-state index in [1.807, 2.05) is 44.2 Å². The Balaban J connectivity index is 2.34. The predicted octanol–water partition coefficient (Wildman–Crippen LogP) is 2.34. The van der Waals surface area contributed by atoms with Crippen LogP contribution in [0.4, 0.5) is 0 Å². The fourth-order valence-electron chi connectivity index (χ4n) is 2.20. The number of benzene rings is 1. The molecule has 5 heteroatoms. The number of aryl methyl sites for hydroxylation is 1. The molecule has 0 aliphatic heterocycles. The van der Waals surface area contributed by atoms with Gasteiger partial charge in [-0.1, -0.05) is 30.3 Å². The van der Waals surface area contributed by atoms with Crippen molar-refractivity contribution in [2.45, 2.75) is 33.4 Å². The Bertz CT molecular complexity index is 683. The average Bonchev–Trinajstić information content (AvgIpc) is 2.70. The van der Waals surface area contributed by atoms with Crippen LogP contribution in [-0.2, 0) is 13.6 Å². The summed E-state index contributed by atoms with van der Waals surface area (Å²) in [6, 6.07) is 9.70. The lowest BCUT2D eigenvalue weighted by atomic mass is 10.1. The minimum absolute atomic E-state index is 0.0169. The molecule has 112 valence electrons. The average molecular weight is 288 g/mol. The molecule has 1 aromatic heterocycles. The number of hydrogen-bond donors (Lipinski definition) is 0. The highest BCUT2D eigenvalue weighted by molar-refractivity contribution is 5.95. The highest BCUT2D eigenvalue weighted by Gasteiger charge is 2.26. The van der Waals surface area contributed by atoms with Crippen LogP contribution in [0.15, 0.2) is 39.6 Å². The van der Waals surface area contributed by atoms with Crippen LogP contribution in [0.3, 0.4) is 0 Å². The molecular weight excluding hydrogens is 268 g/mol. The maximum atomic E-state index is 12.7. The van der Waals surface area contributed by atoms with Gasteiger partial charge in [-0.15, -0.1) is 0 Å². The van der Waals surface area contributed by atoms with Gasteiger partial charge >= 0.3 is 5.63 Å². The molecule has 0 unspecified atom stereocenters. The van der Waals surface area contributed by atoms with Crippen molar-refractivity contribution in [3.05, 3.63) is 57.6 Å². The molecule has 0 aliphatic carbocycles. The first kappa shape index (κ1) is 15.1. The molecule has 0 saturated heterocycles. The largest absolute Gasteiger partial charge is 0.370 e. The van der Waals surface area contributed by atoms with Crippen molar-refractivity contribution in [2.75, 3.05) is 0 Å². The van der Waals surface area contributed by atoms with Crippen molar-refractivity contribution in [2.24, 2.45) is 7.05 Å². The second-order valence-corrected chi connectivity index (χ2v) is 5.35. The first-order valence-corrected chi connectivity index (χ1v) is 6.93. The van der Waals surface area contributed by atoms with Gasteiger partial charge < -0.3 is 9.42 Å². The third kappa shape index (κ3) is 3.07. The molecule has 0 bridgehead atoms. The molecule has 0 aliphatic rings. The van der Waals surface area contributed by atoms with E-state index >= 15 is 0 Å². The number of rotatable bonds is 4. The number of nitrogens with zero attached hydrogens (tertiary/aromatic N) is 2. The maximum Gasteiger partial charge on any atom is 0.370 e. The van der Waals surface area contributed by atoms with Gasteiger partial charge in [0.25, 0.3) is 5.91 Å². The normalized spacial score (nSPS) is 10.9. The quantitative estimate of drug-likeness (QED) is 0.867. The number of carbonyl (C=O) groups excluding carboxylic acids is 1. The van der Waals surface area contributed by atoms with Crippen molar-refractivity contribution in [1.29, 1.82) is 0 Å². The molecule has 0 N–H and O–H groups in total. The number of amides is 1. The van der Waals surface area contributed by atoms with E-state index in [1.54, 1.807) is 18.9 Å². The summed E-state index contributed by atoms with van der Waals surface area (Å²) in [5.41, 5.74) is 1.10. The number of aromatic nitrogens is 1. The topological polar surface area (TPSA) is 55.5 Å². The van der Waals surface area contributed by atoms with E-state index in [-0.39, 0.29) is 17.5 Å². The van der Waals surface area contributed by atoms with Crippen molar-refractivity contribution >= 4 is 5.91 Å². The fourth-order valence-corrected chi connectivity index (χ4v) is 2.20. The zero-order valence-corrected chi connectivity index (χ0v) is 12.8. The molecule has 5 nitrogen and oxygen atoms in total. The minimum Gasteiger partial charge on any atom is -0.336 e. The van der Waals surface area contributed by atoms with Gasteiger partial charge in [0.1, 0.15) is 5.56 Å². The van der Waals surface area contributed by atoms with Crippen molar-refractivity contribution in [3.8, 4) is 0 Å². The molecule has 0 saturated carbocycles. The Hall–Kier alpha value is -2.30. The van der Waals surface area contributed by atoms with E-state index in [0.29, 0.717) is 12.2 Å². The van der Waals surface area contributed by atoms with E-state index in [1.165, 1.54) is 4.74 Å². The molecule has 1 aromatic carbocycles. The molecule has 1 heterocycles. The summed E-state index contributed by atoms with van der Waals surface area (Å²) in [7, 11) is 1.62. The van der Waals surface area contributed by atoms with Gasteiger partial charge in [0, 0.05) is 19.6 Å². The second-order valence-electron chi connectivity index (χ2n) is 5.35. The highest BCUT2D eigenvalue weighted by atomic mass is 16.5. The molecule has 1 amide bonds. The SMILES string of the molecule is Cc1c(C(=O)N(Cc2ccccc2)C(C)C)c(=O)on1C. The zero-order chi connectivity index (χ0) is 15.6. The Morgan fingerprint density at radius 1 is 1.29 bits per heavy atom. The monoisotopic (exact) mass is 288 g/mol. The van der Waals surface area contributed by atoms with Gasteiger partial charge in [-0.25, -0.2) is 9.53 Å². The molecule has 2 rings (SSSR count). The standard InChI is InChI=1S/C16H20N2O3/c1-11(2)18(10-13-8-6-5-7-9-13)15(19)14-12(3)17(4)21-16(14)20/h5-9,11H,10H2,1-4H3. The third-order valence-corrected chi connectivity index (χ3v) is 3.55. The van der Waals surface area contributed by atoms with E-state index in [9.17, 15) is 9.59 Å². The van der Waals surface area contributed by atoms with E-state index in [4.69, 9.17) is 4.52 Å². The van der Waals surface area contributed by atoms with Gasteiger partial charge in [0.2, 0.25) is 0 Å². The van der Waals surface area contributed by atoms with Gasteiger partial charge in [0.15, 0.2) is 0 Å². The first-order chi connectivity index (χ1) is 9.91. The van der Waals surface area contributed by atoms with Crippen molar-refractivity contribution < 1.29 is 9.32 Å². The predicted molar refractivity (Wildman–Crippen MR) is 80.1 cm³/mol. The third-order valence-electron chi connectivity index (χ3n) is 3.55. The second kappa shape index (κ2) is 5.99. The summed E-state index contributed by atoms with van der Waals surface area (Å²) in [4.78, 5) is 26.2. The Kier molecular flexibility index (Phi) is 4.31.